The van der Waals surface area contributed by atoms with E-state index in [4.69, 9.17) is 11.6 Å². The molecule has 0 spiro atoms. The Bertz CT molecular complexity index is 523. The van der Waals surface area contributed by atoms with Crippen LogP contribution in [0, 0.1) is 13.8 Å². The third-order valence-corrected chi connectivity index (χ3v) is 3.01. The SMILES string of the molecule is Cc1cncc(CNc2ccc(C)c(Cl)c2)c1. The molecule has 0 atom stereocenters. The summed E-state index contributed by atoms with van der Waals surface area (Å²) in [6.45, 7) is 4.80. The quantitative estimate of drug-likeness (QED) is 0.887. The van der Waals surface area contributed by atoms with E-state index in [0.717, 1.165) is 22.8 Å². The zero-order valence-corrected chi connectivity index (χ0v) is 10.8. The minimum atomic E-state index is 0.758. The van der Waals surface area contributed by atoms with Crippen LogP contribution in [0.25, 0.3) is 0 Å². The average Bonchev–Trinajstić information content (AvgIpc) is 2.31. The lowest BCUT2D eigenvalue weighted by Crippen LogP contribution is -2.00. The minimum Gasteiger partial charge on any atom is -0.381 e. The van der Waals surface area contributed by atoms with Crippen LogP contribution in [-0.4, -0.2) is 4.98 Å². The fraction of sp³-hybridized carbons (Fsp3) is 0.214. The van der Waals surface area contributed by atoms with E-state index < -0.39 is 0 Å². The van der Waals surface area contributed by atoms with Gasteiger partial charge in [0.1, 0.15) is 0 Å². The molecular formula is C14H15ClN2. The summed E-state index contributed by atoms with van der Waals surface area (Å²) in [6.07, 6.45) is 3.72. The normalized spacial score (nSPS) is 10.3. The monoisotopic (exact) mass is 246 g/mol. The van der Waals surface area contributed by atoms with E-state index in [9.17, 15) is 0 Å². The summed E-state index contributed by atoms with van der Waals surface area (Å²) < 4.78 is 0. The van der Waals surface area contributed by atoms with Crippen molar-refractivity contribution in [3.8, 4) is 0 Å². The first-order chi connectivity index (χ1) is 8.15. The Labute approximate surface area is 107 Å². The molecule has 1 heterocycles. The van der Waals surface area contributed by atoms with Crippen molar-refractivity contribution in [2.24, 2.45) is 0 Å². The number of aryl methyl sites for hydroxylation is 2. The van der Waals surface area contributed by atoms with Crippen molar-refractivity contribution in [3.63, 3.8) is 0 Å². The Hall–Kier alpha value is -1.54. The summed E-state index contributed by atoms with van der Waals surface area (Å²) in [5.74, 6) is 0. The zero-order chi connectivity index (χ0) is 12.3. The Kier molecular flexibility index (Phi) is 3.64. The van der Waals surface area contributed by atoms with E-state index in [2.05, 4.69) is 16.4 Å². The number of aromatic nitrogens is 1. The van der Waals surface area contributed by atoms with E-state index >= 15 is 0 Å². The highest BCUT2D eigenvalue weighted by Crippen LogP contribution is 2.20. The Morgan fingerprint density at radius 3 is 2.71 bits per heavy atom. The molecule has 0 aliphatic rings. The van der Waals surface area contributed by atoms with Crippen LogP contribution in [0.5, 0.6) is 0 Å². The fourth-order valence-electron chi connectivity index (χ4n) is 1.62. The zero-order valence-electron chi connectivity index (χ0n) is 10.00. The van der Waals surface area contributed by atoms with Crippen molar-refractivity contribution in [2.75, 3.05) is 5.32 Å². The van der Waals surface area contributed by atoms with Crippen LogP contribution in [0.15, 0.2) is 36.7 Å². The molecule has 0 radical (unpaired) electrons. The molecule has 1 aromatic heterocycles. The lowest BCUT2D eigenvalue weighted by molar-refractivity contribution is 1.10. The van der Waals surface area contributed by atoms with Crippen molar-refractivity contribution in [2.45, 2.75) is 20.4 Å². The number of nitrogens with one attached hydrogen (secondary N) is 1. The molecule has 1 aromatic carbocycles. The molecule has 2 aromatic rings. The van der Waals surface area contributed by atoms with Gasteiger partial charge >= 0.3 is 0 Å². The predicted molar refractivity (Wildman–Crippen MR) is 72.5 cm³/mol. The Morgan fingerprint density at radius 1 is 1.18 bits per heavy atom. The van der Waals surface area contributed by atoms with E-state index in [1.165, 1.54) is 11.1 Å². The van der Waals surface area contributed by atoms with Gasteiger partial charge in [-0.15, -0.1) is 0 Å². The molecule has 0 saturated heterocycles. The first kappa shape index (κ1) is 11.9. The van der Waals surface area contributed by atoms with Gasteiger partial charge in [-0.05, 0) is 42.7 Å². The maximum atomic E-state index is 6.07. The van der Waals surface area contributed by atoms with E-state index in [1.807, 2.05) is 44.4 Å². The van der Waals surface area contributed by atoms with Gasteiger partial charge in [-0.1, -0.05) is 23.7 Å². The number of nitrogens with zero attached hydrogens (tertiary/aromatic N) is 1. The van der Waals surface area contributed by atoms with Crippen LogP contribution >= 0.6 is 11.6 Å². The minimum absolute atomic E-state index is 0.758. The Balaban J connectivity index is 2.05. The highest BCUT2D eigenvalue weighted by atomic mass is 35.5. The van der Waals surface area contributed by atoms with Crippen LogP contribution in [-0.2, 0) is 6.54 Å². The molecule has 0 aliphatic carbocycles. The molecule has 17 heavy (non-hydrogen) atoms. The number of halogens is 1. The van der Waals surface area contributed by atoms with Gasteiger partial charge in [-0.3, -0.25) is 4.98 Å². The molecule has 88 valence electrons. The lowest BCUT2D eigenvalue weighted by Gasteiger charge is -2.08. The molecule has 3 heteroatoms. The average molecular weight is 247 g/mol. The van der Waals surface area contributed by atoms with E-state index in [-0.39, 0.29) is 0 Å². The van der Waals surface area contributed by atoms with Crippen LogP contribution in [0.1, 0.15) is 16.7 Å². The second kappa shape index (κ2) is 5.19. The van der Waals surface area contributed by atoms with Crippen LogP contribution in [0.2, 0.25) is 5.02 Å². The number of rotatable bonds is 3. The number of hydrogen-bond acceptors (Lipinski definition) is 2. The number of pyridine rings is 1. The number of anilines is 1. The van der Waals surface area contributed by atoms with Gasteiger partial charge in [-0.2, -0.15) is 0 Å². The molecule has 0 bridgehead atoms. The predicted octanol–water partition coefficient (Wildman–Crippen LogP) is 3.96. The van der Waals surface area contributed by atoms with Crippen molar-refractivity contribution < 1.29 is 0 Å². The van der Waals surface area contributed by atoms with Crippen LogP contribution < -0.4 is 5.32 Å². The lowest BCUT2D eigenvalue weighted by atomic mass is 10.2. The van der Waals surface area contributed by atoms with Gasteiger partial charge in [0.05, 0.1) is 0 Å². The molecule has 0 saturated carbocycles. The fourth-order valence-corrected chi connectivity index (χ4v) is 1.80. The highest BCUT2D eigenvalue weighted by Gasteiger charge is 1.98. The second-order valence-electron chi connectivity index (χ2n) is 4.19. The summed E-state index contributed by atoms with van der Waals surface area (Å²) >= 11 is 6.07. The van der Waals surface area contributed by atoms with Crippen molar-refractivity contribution in [1.82, 2.24) is 4.98 Å². The topological polar surface area (TPSA) is 24.9 Å². The van der Waals surface area contributed by atoms with Crippen molar-refractivity contribution in [1.29, 1.82) is 0 Å². The van der Waals surface area contributed by atoms with Crippen molar-refractivity contribution >= 4 is 17.3 Å². The molecule has 2 rings (SSSR count). The van der Waals surface area contributed by atoms with E-state index in [1.54, 1.807) is 0 Å². The van der Waals surface area contributed by atoms with Gasteiger partial charge in [0.2, 0.25) is 0 Å². The van der Waals surface area contributed by atoms with Crippen molar-refractivity contribution in [3.05, 3.63) is 58.4 Å². The summed E-state index contributed by atoms with van der Waals surface area (Å²) in [7, 11) is 0. The summed E-state index contributed by atoms with van der Waals surface area (Å²) in [4.78, 5) is 4.16. The highest BCUT2D eigenvalue weighted by molar-refractivity contribution is 6.31. The van der Waals surface area contributed by atoms with Gasteiger partial charge in [0.15, 0.2) is 0 Å². The molecule has 0 aliphatic heterocycles. The van der Waals surface area contributed by atoms with Crippen LogP contribution in [0.3, 0.4) is 0 Å². The third kappa shape index (κ3) is 3.21. The standard InChI is InChI=1S/C14H15ClN2/c1-10-5-12(8-16-7-10)9-17-13-4-3-11(2)14(15)6-13/h3-8,17H,9H2,1-2H3. The maximum Gasteiger partial charge on any atom is 0.0455 e. The van der Waals surface area contributed by atoms with Gasteiger partial charge in [-0.25, -0.2) is 0 Å². The first-order valence-corrected chi connectivity index (χ1v) is 5.93. The number of hydrogen-bond donors (Lipinski definition) is 1. The van der Waals surface area contributed by atoms with E-state index in [0.29, 0.717) is 0 Å². The molecule has 0 amide bonds. The third-order valence-electron chi connectivity index (χ3n) is 2.60. The van der Waals surface area contributed by atoms with Gasteiger partial charge in [0.25, 0.3) is 0 Å². The van der Waals surface area contributed by atoms with Gasteiger partial charge in [0, 0.05) is 29.6 Å². The maximum absolute atomic E-state index is 6.07. The molecular weight excluding hydrogens is 232 g/mol. The second-order valence-corrected chi connectivity index (χ2v) is 4.60. The summed E-state index contributed by atoms with van der Waals surface area (Å²) in [5.41, 5.74) is 4.46. The smallest absolute Gasteiger partial charge is 0.0455 e. The molecule has 2 nitrogen and oxygen atoms in total. The molecule has 1 N–H and O–H groups in total. The first-order valence-electron chi connectivity index (χ1n) is 5.56. The van der Waals surface area contributed by atoms with Crippen LogP contribution in [0.4, 0.5) is 5.69 Å². The van der Waals surface area contributed by atoms with Gasteiger partial charge < -0.3 is 5.32 Å². The molecule has 0 fully saturated rings. The largest absolute Gasteiger partial charge is 0.381 e. The summed E-state index contributed by atoms with van der Waals surface area (Å²) in [6, 6.07) is 8.11. The Morgan fingerprint density at radius 2 is 2.00 bits per heavy atom. The number of benzene rings is 1. The molecule has 0 unspecified atom stereocenters. The summed E-state index contributed by atoms with van der Waals surface area (Å²) in [5, 5.41) is 4.12.